The predicted molar refractivity (Wildman–Crippen MR) is 222 cm³/mol. The second-order valence-corrected chi connectivity index (χ2v) is 14.2. The number of carboxylic acids is 8. The van der Waals surface area contributed by atoms with Crippen LogP contribution in [0.25, 0.3) is 0 Å². The number of hydrogen-bond donors (Lipinski definition) is 8. The Balaban J connectivity index is 0.000000405. The van der Waals surface area contributed by atoms with Crippen LogP contribution in [0.3, 0.4) is 0 Å². The summed E-state index contributed by atoms with van der Waals surface area (Å²) in [5.74, 6) is -13.3. The fraction of sp³-hybridized carbons (Fsp3) is 0.196. The van der Waals surface area contributed by atoms with Crippen molar-refractivity contribution in [3.8, 4) is 0 Å². The maximum Gasteiger partial charge on any atom is 0.355 e. The number of rotatable bonds is 19. The average Bonchev–Trinajstić information content (AvgIpc) is 3.25. The number of hydrogen-bond acceptors (Lipinski definition) is 9. The van der Waals surface area contributed by atoms with Gasteiger partial charge in [-0.2, -0.15) is 0 Å². The maximum atomic E-state index is 12.1. The zero-order valence-electron chi connectivity index (χ0n) is 33.4. The van der Waals surface area contributed by atoms with E-state index in [1.807, 2.05) is 36.4 Å². The molecule has 0 spiro atoms. The SMILES string of the molecule is CCCCC(CCCC(c1ccc(C(=O)O)c(C(=O)O)c1)c1ccc(C(=O)O)c(C(=O)O)c1)(c1ccccc1)c1ccccc1.O=C(O)c1cnc(C(=O)O)c(C(=O)O)c1C(=O)O. The number of unbranched alkanes of at least 4 members (excludes halogenated alkanes) is 1. The Kier molecular flexibility index (Phi) is 15.7. The molecule has 0 aliphatic rings. The lowest BCUT2D eigenvalue weighted by Gasteiger charge is -2.36. The Morgan fingerprint density at radius 3 is 1.25 bits per heavy atom. The Labute approximate surface area is 358 Å². The van der Waals surface area contributed by atoms with E-state index in [0.29, 0.717) is 30.2 Å². The van der Waals surface area contributed by atoms with Gasteiger partial charge in [0.15, 0.2) is 5.69 Å². The highest BCUT2D eigenvalue weighted by atomic mass is 16.4. The molecule has 0 aliphatic carbocycles. The summed E-state index contributed by atoms with van der Waals surface area (Å²) >= 11 is 0. The molecule has 0 fully saturated rings. The molecule has 8 N–H and O–H groups in total. The van der Waals surface area contributed by atoms with E-state index >= 15 is 0 Å². The van der Waals surface area contributed by atoms with Crippen molar-refractivity contribution in [2.45, 2.75) is 56.8 Å². The average molecular weight is 864 g/mol. The van der Waals surface area contributed by atoms with Crippen LogP contribution in [0, 0.1) is 0 Å². The molecule has 0 aliphatic heterocycles. The number of carbonyl (C=O) groups is 8. The number of carboxylic acid groups (broad SMARTS) is 8. The molecule has 5 aromatic rings. The molecule has 63 heavy (non-hydrogen) atoms. The molecule has 17 nitrogen and oxygen atoms in total. The van der Waals surface area contributed by atoms with E-state index in [9.17, 15) is 58.8 Å². The third-order valence-electron chi connectivity index (χ3n) is 10.5. The van der Waals surface area contributed by atoms with E-state index in [-0.39, 0.29) is 27.7 Å². The van der Waals surface area contributed by atoms with Gasteiger partial charge in [0.1, 0.15) is 5.56 Å². The number of nitrogens with zero attached hydrogens (tertiary/aromatic N) is 1. The lowest BCUT2D eigenvalue weighted by atomic mass is 9.67. The number of pyridine rings is 1. The molecule has 4 aromatic carbocycles. The van der Waals surface area contributed by atoms with E-state index in [1.165, 1.54) is 35.4 Å². The van der Waals surface area contributed by atoms with E-state index in [2.05, 4.69) is 36.2 Å². The first-order valence-electron chi connectivity index (χ1n) is 19.1. The van der Waals surface area contributed by atoms with Crippen molar-refractivity contribution in [2.24, 2.45) is 0 Å². The van der Waals surface area contributed by atoms with Gasteiger partial charge >= 0.3 is 47.8 Å². The monoisotopic (exact) mass is 863 g/mol. The number of aromatic carboxylic acids is 8. The van der Waals surface area contributed by atoms with E-state index in [0.717, 1.165) is 25.7 Å². The normalized spacial score (nSPS) is 10.9. The van der Waals surface area contributed by atoms with Gasteiger partial charge in [-0.1, -0.05) is 99.0 Å². The van der Waals surface area contributed by atoms with Gasteiger partial charge in [-0.3, -0.25) is 0 Å². The molecule has 326 valence electrons. The second kappa shape index (κ2) is 20.9. The van der Waals surface area contributed by atoms with Crippen molar-refractivity contribution in [3.05, 3.63) is 170 Å². The summed E-state index contributed by atoms with van der Waals surface area (Å²) in [6.07, 6.45) is 5.22. The third-order valence-corrected chi connectivity index (χ3v) is 10.5. The first-order chi connectivity index (χ1) is 29.9. The van der Waals surface area contributed by atoms with Gasteiger partial charge in [0.25, 0.3) is 0 Å². The Morgan fingerprint density at radius 1 is 0.476 bits per heavy atom. The predicted octanol–water partition coefficient (Wildman–Crippen LogP) is 7.83. The van der Waals surface area contributed by atoms with E-state index in [4.69, 9.17) is 20.4 Å². The molecule has 1 heterocycles. The van der Waals surface area contributed by atoms with Crippen LogP contribution in [0.1, 0.15) is 157 Å². The van der Waals surface area contributed by atoms with E-state index in [1.54, 1.807) is 12.1 Å². The third kappa shape index (κ3) is 10.9. The summed E-state index contributed by atoms with van der Waals surface area (Å²) in [6.45, 7) is 2.15. The van der Waals surface area contributed by atoms with Crippen molar-refractivity contribution in [1.29, 1.82) is 0 Å². The highest BCUT2D eigenvalue weighted by molar-refractivity contribution is 6.12. The van der Waals surface area contributed by atoms with Crippen LogP contribution in [0.2, 0.25) is 0 Å². The fourth-order valence-electron chi connectivity index (χ4n) is 7.55. The fourth-order valence-corrected chi connectivity index (χ4v) is 7.55. The molecular formula is C46H41NO16. The van der Waals surface area contributed by atoms with Crippen molar-refractivity contribution < 1.29 is 79.2 Å². The van der Waals surface area contributed by atoms with Gasteiger partial charge in [0.2, 0.25) is 0 Å². The maximum absolute atomic E-state index is 12.1. The van der Waals surface area contributed by atoms with Crippen LogP contribution in [0.5, 0.6) is 0 Å². The molecular weight excluding hydrogens is 822 g/mol. The standard InChI is InChI=1S/C37H36O8.C9H5NO8/c1-2-3-20-37(26-11-6-4-7-12-26,27-13-8-5-9-14-27)21-10-15-28(24-16-18-29(33(38)39)31(22-24)35(42)43)25-17-19-30(34(40)41)32(23-25)36(44)45;11-6(12)2-1-10-5(9(17)18)4(8(15)16)3(2)7(13)14/h4-9,11-14,16-19,22-23,28H,2-3,10,15,20-21H2,1H3,(H,38,39)(H,40,41)(H,42,43)(H,44,45);1H,(H,11,12)(H,13,14)(H,15,16)(H,17,18). The summed E-state index contributed by atoms with van der Waals surface area (Å²) in [6, 6.07) is 28.8. The molecule has 0 bridgehead atoms. The molecule has 0 saturated carbocycles. The Bertz CT molecular complexity index is 2400. The molecule has 1 aromatic heterocycles. The van der Waals surface area contributed by atoms with Crippen molar-refractivity contribution in [1.82, 2.24) is 4.98 Å². The summed E-state index contributed by atoms with van der Waals surface area (Å²) < 4.78 is 0. The van der Waals surface area contributed by atoms with E-state index < -0.39 is 76.1 Å². The molecule has 17 heteroatoms. The zero-order chi connectivity index (χ0) is 46.6. The first kappa shape index (κ1) is 47.5. The van der Waals surface area contributed by atoms with Crippen LogP contribution in [0.4, 0.5) is 0 Å². The van der Waals surface area contributed by atoms with Gasteiger partial charge in [-0.25, -0.2) is 43.3 Å². The van der Waals surface area contributed by atoms with Crippen LogP contribution in [0.15, 0.2) is 103 Å². The quantitative estimate of drug-likeness (QED) is 0.0392. The van der Waals surface area contributed by atoms with Gasteiger partial charge in [0.05, 0.1) is 33.4 Å². The molecule has 0 unspecified atom stereocenters. The smallest absolute Gasteiger partial charge is 0.355 e. The van der Waals surface area contributed by atoms with Crippen molar-refractivity contribution in [2.75, 3.05) is 0 Å². The van der Waals surface area contributed by atoms with Crippen LogP contribution in [-0.2, 0) is 5.41 Å². The summed E-state index contributed by atoms with van der Waals surface area (Å²) in [4.78, 5) is 94.0. The Morgan fingerprint density at radius 2 is 0.889 bits per heavy atom. The summed E-state index contributed by atoms with van der Waals surface area (Å²) in [5.41, 5.74) is -2.67. The Hall–Kier alpha value is -8.21. The molecule has 0 atom stereocenters. The minimum absolute atomic E-state index is 0.318. The van der Waals surface area contributed by atoms with Crippen molar-refractivity contribution in [3.63, 3.8) is 0 Å². The molecule has 0 saturated heterocycles. The summed E-state index contributed by atoms with van der Waals surface area (Å²) in [5, 5.41) is 73.8. The largest absolute Gasteiger partial charge is 0.478 e. The lowest BCUT2D eigenvalue weighted by Crippen LogP contribution is -2.28. The van der Waals surface area contributed by atoms with Gasteiger partial charge in [-0.15, -0.1) is 0 Å². The van der Waals surface area contributed by atoms with Crippen LogP contribution >= 0.6 is 0 Å². The zero-order valence-corrected chi connectivity index (χ0v) is 33.4. The molecule has 5 rings (SSSR count). The minimum Gasteiger partial charge on any atom is -0.478 e. The van der Waals surface area contributed by atoms with Crippen molar-refractivity contribution >= 4 is 47.8 Å². The lowest BCUT2D eigenvalue weighted by molar-refractivity contribution is 0.0615. The highest BCUT2D eigenvalue weighted by Crippen LogP contribution is 2.43. The second-order valence-electron chi connectivity index (χ2n) is 14.2. The number of benzene rings is 4. The van der Waals surface area contributed by atoms with Gasteiger partial charge in [-0.05, 0) is 65.8 Å². The minimum atomic E-state index is -1.89. The van der Waals surface area contributed by atoms with Gasteiger partial charge in [0, 0.05) is 17.5 Å². The van der Waals surface area contributed by atoms with Crippen LogP contribution in [-0.4, -0.2) is 93.6 Å². The first-order valence-corrected chi connectivity index (χ1v) is 19.1. The molecule has 0 amide bonds. The van der Waals surface area contributed by atoms with Crippen LogP contribution < -0.4 is 0 Å². The van der Waals surface area contributed by atoms with Gasteiger partial charge < -0.3 is 40.9 Å². The summed E-state index contributed by atoms with van der Waals surface area (Å²) in [7, 11) is 0. The number of aromatic nitrogens is 1. The highest BCUT2D eigenvalue weighted by Gasteiger charge is 2.34. The molecule has 0 radical (unpaired) electrons. The topological polar surface area (TPSA) is 311 Å².